The molecule has 1 unspecified atom stereocenters. The van der Waals surface area contributed by atoms with Gasteiger partial charge in [0.05, 0.1) is 0 Å². The molecule has 2 nitrogen and oxygen atoms in total. The highest BCUT2D eigenvalue weighted by molar-refractivity contribution is 5.85. The van der Waals surface area contributed by atoms with Gasteiger partial charge in [0.2, 0.25) is 0 Å². The first-order chi connectivity index (χ1) is 11.4. The molecule has 1 N–H and O–H groups in total. The summed E-state index contributed by atoms with van der Waals surface area (Å²) in [5.74, 6) is 0. The Kier molecular flexibility index (Phi) is 5.60. The molecular weight excluding hydrogens is 316 g/mol. The number of fused-ring (bicyclic) bond motifs is 1. The predicted octanol–water partition coefficient (Wildman–Crippen LogP) is 5.19. The third-order valence-corrected chi connectivity index (χ3v) is 5.11. The number of hydrogen-bond acceptors (Lipinski definition) is 1. The Morgan fingerprint density at radius 3 is 2.62 bits per heavy atom. The number of halogens is 1. The second kappa shape index (κ2) is 7.87. The first-order valence-corrected chi connectivity index (χ1v) is 8.73. The van der Waals surface area contributed by atoms with Crippen LogP contribution in [0.5, 0.6) is 0 Å². The van der Waals surface area contributed by atoms with Gasteiger partial charge in [-0.25, -0.2) is 0 Å². The number of nitrogens with one attached hydrogen (secondary N) is 1. The quantitative estimate of drug-likeness (QED) is 0.692. The van der Waals surface area contributed by atoms with E-state index in [1.807, 2.05) is 0 Å². The van der Waals surface area contributed by atoms with E-state index in [4.69, 9.17) is 0 Å². The van der Waals surface area contributed by atoms with Gasteiger partial charge >= 0.3 is 0 Å². The van der Waals surface area contributed by atoms with E-state index in [2.05, 4.69) is 70.7 Å². The molecule has 1 atom stereocenters. The summed E-state index contributed by atoms with van der Waals surface area (Å²) in [4.78, 5) is 6.10. The lowest BCUT2D eigenvalue weighted by atomic mass is 9.95. The maximum atomic E-state index is 3.42. The van der Waals surface area contributed by atoms with Crippen molar-refractivity contribution in [2.24, 2.45) is 0 Å². The zero-order valence-corrected chi connectivity index (χ0v) is 14.8. The van der Waals surface area contributed by atoms with Crippen molar-refractivity contribution >= 4 is 23.3 Å². The Hall–Kier alpha value is -1.77. The fourth-order valence-electron chi connectivity index (χ4n) is 3.87. The number of piperidine rings is 1. The normalized spacial score (nSPS) is 18.4. The Labute approximate surface area is 150 Å². The van der Waals surface area contributed by atoms with Crippen LogP contribution in [0.15, 0.2) is 60.8 Å². The van der Waals surface area contributed by atoms with Gasteiger partial charge in [-0.3, -0.25) is 4.90 Å². The van der Waals surface area contributed by atoms with Gasteiger partial charge in [-0.05, 0) is 43.0 Å². The number of aromatic nitrogens is 1. The number of rotatable bonds is 4. The van der Waals surface area contributed by atoms with Crippen molar-refractivity contribution in [3.8, 4) is 0 Å². The van der Waals surface area contributed by atoms with Gasteiger partial charge in [-0.1, -0.05) is 55.0 Å². The predicted molar refractivity (Wildman–Crippen MR) is 104 cm³/mol. The summed E-state index contributed by atoms with van der Waals surface area (Å²) < 4.78 is 0. The maximum absolute atomic E-state index is 3.42. The molecule has 1 aliphatic rings. The van der Waals surface area contributed by atoms with Gasteiger partial charge < -0.3 is 4.98 Å². The smallest absolute Gasteiger partial charge is 0.0456 e. The van der Waals surface area contributed by atoms with Crippen LogP contribution in [0.1, 0.15) is 30.4 Å². The number of para-hydroxylation sites is 1. The number of benzene rings is 2. The molecule has 0 spiro atoms. The zero-order chi connectivity index (χ0) is 15.5. The molecule has 0 bridgehead atoms. The Morgan fingerprint density at radius 1 is 0.958 bits per heavy atom. The average Bonchev–Trinajstić information content (AvgIpc) is 3.01. The van der Waals surface area contributed by atoms with Crippen LogP contribution in [0, 0.1) is 0 Å². The van der Waals surface area contributed by atoms with Gasteiger partial charge in [0.1, 0.15) is 0 Å². The van der Waals surface area contributed by atoms with Crippen LogP contribution >= 0.6 is 12.4 Å². The van der Waals surface area contributed by atoms with Crippen LogP contribution in [0.2, 0.25) is 0 Å². The van der Waals surface area contributed by atoms with E-state index in [1.165, 1.54) is 47.8 Å². The molecule has 1 aromatic heterocycles. The monoisotopic (exact) mass is 340 g/mol. The third kappa shape index (κ3) is 3.66. The molecule has 0 saturated carbocycles. The second-order valence-corrected chi connectivity index (χ2v) is 6.67. The highest BCUT2D eigenvalue weighted by Gasteiger charge is 2.23. The van der Waals surface area contributed by atoms with Crippen molar-refractivity contribution in [1.29, 1.82) is 0 Å². The molecule has 2 heterocycles. The summed E-state index contributed by atoms with van der Waals surface area (Å²) in [5, 5.41) is 1.39. The molecule has 24 heavy (non-hydrogen) atoms. The molecule has 3 heteroatoms. The Bertz CT molecular complexity index is 766. The maximum Gasteiger partial charge on any atom is 0.0456 e. The summed E-state index contributed by atoms with van der Waals surface area (Å²) in [6, 6.07) is 20.2. The lowest BCUT2D eigenvalue weighted by molar-refractivity contribution is 0.139. The lowest BCUT2D eigenvalue weighted by Crippen LogP contribution is -2.40. The van der Waals surface area contributed by atoms with E-state index >= 15 is 0 Å². The molecule has 0 aliphatic carbocycles. The number of aromatic amines is 1. The molecule has 126 valence electrons. The molecule has 3 aromatic rings. The highest BCUT2D eigenvalue weighted by Crippen LogP contribution is 2.26. The SMILES string of the molecule is Cl.c1ccc(CN2CCCCC2Cc2c[nH]c3ccccc23)cc1. The van der Waals surface area contributed by atoms with Crippen molar-refractivity contribution in [1.82, 2.24) is 9.88 Å². The van der Waals surface area contributed by atoms with Gasteiger partial charge in [0.25, 0.3) is 0 Å². The van der Waals surface area contributed by atoms with Gasteiger partial charge in [0, 0.05) is 29.7 Å². The summed E-state index contributed by atoms with van der Waals surface area (Å²) in [6.07, 6.45) is 7.36. The molecular formula is C21H25ClN2. The van der Waals surface area contributed by atoms with Crippen LogP contribution in [0.3, 0.4) is 0 Å². The lowest BCUT2D eigenvalue weighted by Gasteiger charge is -2.36. The summed E-state index contributed by atoms with van der Waals surface area (Å²) in [6.45, 7) is 2.30. The van der Waals surface area contributed by atoms with E-state index < -0.39 is 0 Å². The molecule has 1 fully saturated rings. The molecule has 0 amide bonds. The van der Waals surface area contributed by atoms with E-state index in [0.717, 1.165) is 13.0 Å². The number of H-pyrrole nitrogens is 1. The molecule has 1 aliphatic heterocycles. The van der Waals surface area contributed by atoms with Crippen LogP contribution in [-0.4, -0.2) is 22.5 Å². The van der Waals surface area contributed by atoms with Crippen molar-refractivity contribution < 1.29 is 0 Å². The minimum absolute atomic E-state index is 0. The Morgan fingerprint density at radius 2 is 1.75 bits per heavy atom. The second-order valence-electron chi connectivity index (χ2n) is 6.67. The highest BCUT2D eigenvalue weighted by atomic mass is 35.5. The largest absolute Gasteiger partial charge is 0.361 e. The van der Waals surface area contributed by atoms with E-state index in [0.29, 0.717) is 6.04 Å². The van der Waals surface area contributed by atoms with Crippen molar-refractivity contribution in [3.05, 3.63) is 71.9 Å². The van der Waals surface area contributed by atoms with Gasteiger partial charge in [0.15, 0.2) is 0 Å². The zero-order valence-electron chi connectivity index (χ0n) is 13.9. The van der Waals surface area contributed by atoms with Crippen molar-refractivity contribution in [2.45, 2.75) is 38.3 Å². The van der Waals surface area contributed by atoms with E-state index in [9.17, 15) is 0 Å². The topological polar surface area (TPSA) is 19.0 Å². The van der Waals surface area contributed by atoms with Crippen LogP contribution < -0.4 is 0 Å². The molecule has 2 aromatic carbocycles. The molecule has 1 saturated heterocycles. The summed E-state index contributed by atoms with van der Waals surface area (Å²) in [7, 11) is 0. The van der Waals surface area contributed by atoms with Crippen molar-refractivity contribution in [3.63, 3.8) is 0 Å². The Balaban J connectivity index is 0.00000169. The first kappa shape index (κ1) is 17.1. The van der Waals surface area contributed by atoms with Crippen LogP contribution in [0.4, 0.5) is 0 Å². The number of hydrogen-bond donors (Lipinski definition) is 1. The van der Waals surface area contributed by atoms with E-state index in [-0.39, 0.29) is 12.4 Å². The molecule has 4 rings (SSSR count). The van der Waals surface area contributed by atoms with Gasteiger partial charge in [-0.2, -0.15) is 0 Å². The summed E-state index contributed by atoms with van der Waals surface area (Å²) >= 11 is 0. The molecule has 0 radical (unpaired) electrons. The minimum atomic E-state index is 0. The summed E-state index contributed by atoms with van der Waals surface area (Å²) in [5.41, 5.74) is 4.15. The minimum Gasteiger partial charge on any atom is -0.361 e. The number of nitrogens with zero attached hydrogens (tertiary/aromatic N) is 1. The van der Waals surface area contributed by atoms with Gasteiger partial charge in [-0.15, -0.1) is 12.4 Å². The third-order valence-electron chi connectivity index (χ3n) is 5.11. The van der Waals surface area contributed by atoms with Crippen molar-refractivity contribution in [2.75, 3.05) is 6.54 Å². The fraction of sp³-hybridized carbons (Fsp3) is 0.333. The van der Waals surface area contributed by atoms with Crippen LogP contribution in [0.25, 0.3) is 10.9 Å². The van der Waals surface area contributed by atoms with Crippen LogP contribution in [-0.2, 0) is 13.0 Å². The number of likely N-dealkylation sites (tertiary alicyclic amines) is 1. The van der Waals surface area contributed by atoms with E-state index in [1.54, 1.807) is 0 Å². The first-order valence-electron chi connectivity index (χ1n) is 8.73. The average molecular weight is 341 g/mol. The standard InChI is InChI=1S/C21H24N2.ClH/c1-2-8-17(9-3-1)16-23-13-7-6-10-19(23)14-18-15-22-21-12-5-4-11-20(18)21;/h1-5,8-9,11-12,15,19,22H,6-7,10,13-14,16H2;1H. The fourth-order valence-corrected chi connectivity index (χ4v) is 3.87.